The van der Waals surface area contributed by atoms with E-state index < -0.39 is 0 Å². The third-order valence-electron chi connectivity index (χ3n) is 4.86. The van der Waals surface area contributed by atoms with Gasteiger partial charge in [0.15, 0.2) is 0 Å². The van der Waals surface area contributed by atoms with Gasteiger partial charge in [0.2, 0.25) is 5.91 Å². The Balaban J connectivity index is 1.66. The highest BCUT2D eigenvalue weighted by atomic mass is 16.2. The number of carbonyl (C=O) groups excluding carboxylic acids is 2. The van der Waals surface area contributed by atoms with Crippen LogP contribution in [-0.2, 0) is 24.8 Å². The molecule has 0 spiro atoms. The molecule has 0 atom stereocenters. The van der Waals surface area contributed by atoms with E-state index in [2.05, 4.69) is 29.8 Å². The second-order valence-corrected chi connectivity index (χ2v) is 7.58. The first-order chi connectivity index (χ1) is 13.3. The number of hydrogen-bond donors (Lipinski definition) is 2. The van der Waals surface area contributed by atoms with Crippen LogP contribution in [0.15, 0.2) is 30.5 Å². The van der Waals surface area contributed by atoms with E-state index in [0.29, 0.717) is 11.5 Å². The van der Waals surface area contributed by atoms with Gasteiger partial charge in [-0.05, 0) is 25.8 Å². The summed E-state index contributed by atoms with van der Waals surface area (Å²) in [5.74, 6) is -0.141. The van der Waals surface area contributed by atoms with E-state index in [1.165, 1.54) is 0 Å². The largest absolute Gasteiger partial charge is 0.350 e. The Bertz CT molecular complexity index is 1030. The van der Waals surface area contributed by atoms with E-state index in [-0.39, 0.29) is 18.2 Å². The zero-order valence-electron chi connectivity index (χ0n) is 17.0. The summed E-state index contributed by atoms with van der Waals surface area (Å²) in [4.78, 5) is 24.9. The summed E-state index contributed by atoms with van der Waals surface area (Å²) < 4.78 is 3.83. The Kier molecular flexibility index (Phi) is 5.53. The minimum atomic E-state index is -0.339. The van der Waals surface area contributed by atoms with Crippen LogP contribution >= 0.6 is 0 Å². The standard InChI is InChI=1S/C21H27N5O2/c1-13(2)11-26-15(4)17(14(3)24-26)10-20(27)22-23-21(28)18-12-25(5)19-9-7-6-8-16(18)19/h6-9,12-13H,10-11H2,1-5H3,(H,22,27)(H,23,28). The summed E-state index contributed by atoms with van der Waals surface area (Å²) in [7, 11) is 1.89. The SMILES string of the molecule is Cc1nn(CC(C)C)c(C)c1CC(=O)NNC(=O)c1cn(C)c2ccccc12. The first kappa shape index (κ1) is 19.7. The molecule has 0 fully saturated rings. The summed E-state index contributed by atoms with van der Waals surface area (Å²) >= 11 is 0. The molecule has 0 aliphatic carbocycles. The van der Waals surface area contributed by atoms with Crippen LogP contribution in [-0.4, -0.2) is 26.2 Å². The zero-order valence-corrected chi connectivity index (χ0v) is 17.0. The van der Waals surface area contributed by atoms with Crippen LogP contribution in [0.4, 0.5) is 0 Å². The normalized spacial score (nSPS) is 11.2. The van der Waals surface area contributed by atoms with Gasteiger partial charge in [0, 0.05) is 41.9 Å². The lowest BCUT2D eigenvalue weighted by Gasteiger charge is -2.09. The Morgan fingerprint density at radius 3 is 2.57 bits per heavy atom. The molecule has 2 heterocycles. The van der Waals surface area contributed by atoms with Crippen molar-refractivity contribution in [3.8, 4) is 0 Å². The van der Waals surface area contributed by atoms with Gasteiger partial charge >= 0.3 is 0 Å². The average Bonchev–Trinajstić information content (AvgIpc) is 3.11. The highest BCUT2D eigenvalue weighted by Crippen LogP contribution is 2.20. The van der Waals surface area contributed by atoms with E-state index in [1.807, 2.05) is 54.4 Å². The van der Waals surface area contributed by atoms with E-state index in [1.54, 1.807) is 6.20 Å². The van der Waals surface area contributed by atoms with Gasteiger partial charge in [0.1, 0.15) is 0 Å². The van der Waals surface area contributed by atoms with Crippen LogP contribution in [0.2, 0.25) is 0 Å². The van der Waals surface area contributed by atoms with Crippen LogP contribution in [0.5, 0.6) is 0 Å². The minimum absolute atomic E-state index is 0.172. The van der Waals surface area contributed by atoms with Gasteiger partial charge in [-0.25, -0.2) is 0 Å². The molecule has 0 saturated heterocycles. The Morgan fingerprint density at radius 2 is 1.86 bits per heavy atom. The van der Waals surface area contributed by atoms with Crippen molar-refractivity contribution in [3.05, 3.63) is 53.0 Å². The molecule has 0 radical (unpaired) electrons. The summed E-state index contributed by atoms with van der Waals surface area (Å²) in [5, 5.41) is 5.38. The van der Waals surface area contributed by atoms with Gasteiger partial charge in [-0.15, -0.1) is 0 Å². The number of aromatic nitrogens is 3. The molecule has 1 aromatic carbocycles. The Hall–Kier alpha value is -3.09. The molecule has 3 aromatic rings. The van der Waals surface area contributed by atoms with E-state index >= 15 is 0 Å². The smallest absolute Gasteiger partial charge is 0.271 e. The molecule has 0 aliphatic rings. The molecule has 2 amide bonds. The number of hydrogen-bond acceptors (Lipinski definition) is 3. The van der Waals surface area contributed by atoms with Gasteiger partial charge in [-0.2, -0.15) is 5.10 Å². The van der Waals surface area contributed by atoms with Gasteiger partial charge in [0.05, 0.1) is 17.7 Å². The maximum atomic E-state index is 12.5. The van der Waals surface area contributed by atoms with E-state index in [9.17, 15) is 9.59 Å². The highest BCUT2D eigenvalue weighted by Gasteiger charge is 2.17. The molecule has 0 unspecified atom stereocenters. The van der Waals surface area contributed by atoms with Crippen molar-refractivity contribution in [3.63, 3.8) is 0 Å². The van der Waals surface area contributed by atoms with Crippen LogP contribution in [0, 0.1) is 19.8 Å². The van der Waals surface area contributed by atoms with Crippen molar-refractivity contribution in [1.82, 2.24) is 25.2 Å². The summed E-state index contributed by atoms with van der Waals surface area (Å²) in [6, 6.07) is 7.65. The number of carbonyl (C=O) groups is 2. The molecule has 7 nitrogen and oxygen atoms in total. The number of para-hydroxylation sites is 1. The van der Waals surface area contributed by atoms with Crippen molar-refractivity contribution in [2.24, 2.45) is 13.0 Å². The summed E-state index contributed by atoms with van der Waals surface area (Å²) in [6.07, 6.45) is 1.93. The third kappa shape index (κ3) is 3.93. The predicted molar refractivity (Wildman–Crippen MR) is 109 cm³/mol. The van der Waals surface area contributed by atoms with Crippen LogP contribution in [0.25, 0.3) is 10.9 Å². The van der Waals surface area contributed by atoms with E-state index in [0.717, 1.165) is 34.4 Å². The van der Waals surface area contributed by atoms with Gasteiger partial charge in [0.25, 0.3) is 5.91 Å². The van der Waals surface area contributed by atoms with Gasteiger partial charge < -0.3 is 4.57 Å². The fraction of sp³-hybridized carbons (Fsp3) is 0.381. The molecule has 0 bridgehead atoms. The van der Waals surface area contributed by atoms with Crippen molar-refractivity contribution < 1.29 is 9.59 Å². The highest BCUT2D eigenvalue weighted by molar-refractivity contribution is 6.07. The van der Waals surface area contributed by atoms with Crippen LogP contribution in [0.3, 0.4) is 0 Å². The molecular formula is C21H27N5O2. The quantitative estimate of drug-likeness (QED) is 0.667. The average molecular weight is 381 g/mol. The fourth-order valence-electron chi connectivity index (χ4n) is 3.43. The molecular weight excluding hydrogens is 354 g/mol. The monoisotopic (exact) mass is 381 g/mol. The topological polar surface area (TPSA) is 81.0 Å². The number of benzene rings is 1. The lowest BCUT2D eigenvalue weighted by atomic mass is 10.1. The second kappa shape index (κ2) is 7.88. The molecule has 148 valence electrons. The lowest BCUT2D eigenvalue weighted by molar-refractivity contribution is -0.121. The van der Waals surface area contributed by atoms with Crippen molar-refractivity contribution in [2.75, 3.05) is 0 Å². The van der Waals surface area contributed by atoms with Crippen molar-refractivity contribution in [2.45, 2.75) is 40.7 Å². The second-order valence-electron chi connectivity index (χ2n) is 7.58. The van der Waals surface area contributed by atoms with E-state index in [4.69, 9.17) is 0 Å². The molecule has 0 saturated carbocycles. The molecule has 3 rings (SSSR count). The molecule has 0 aliphatic heterocycles. The fourth-order valence-corrected chi connectivity index (χ4v) is 3.43. The molecule has 28 heavy (non-hydrogen) atoms. The Morgan fingerprint density at radius 1 is 1.14 bits per heavy atom. The molecule has 7 heteroatoms. The third-order valence-corrected chi connectivity index (χ3v) is 4.86. The summed E-state index contributed by atoms with van der Waals surface area (Å²) in [6.45, 7) is 8.95. The molecule has 2 N–H and O–H groups in total. The maximum Gasteiger partial charge on any atom is 0.271 e. The number of amides is 2. The maximum absolute atomic E-state index is 12.5. The predicted octanol–water partition coefficient (Wildman–Crippen LogP) is 2.65. The number of rotatable bonds is 5. The summed E-state index contributed by atoms with van der Waals surface area (Å²) in [5.41, 5.74) is 9.26. The van der Waals surface area contributed by atoms with Crippen LogP contribution < -0.4 is 10.9 Å². The Labute approximate surface area is 164 Å². The zero-order chi connectivity index (χ0) is 20.4. The number of fused-ring (bicyclic) bond motifs is 1. The molecule has 2 aromatic heterocycles. The van der Waals surface area contributed by atoms with Crippen LogP contribution in [0.1, 0.15) is 41.2 Å². The minimum Gasteiger partial charge on any atom is -0.350 e. The first-order valence-electron chi connectivity index (χ1n) is 9.44. The number of aryl methyl sites for hydroxylation is 2. The number of nitrogens with zero attached hydrogens (tertiary/aromatic N) is 3. The number of hydrazine groups is 1. The van der Waals surface area contributed by atoms with Crippen molar-refractivity contribution >= 4 is 22.7 Å². The van der Waals surface area contributed by atoms with Gasteiger partial charge in [-0.3, -0.25) is 25.1 Å². The number of nitrogens with one attached hydrogen (secondary N) is 2. The lowest BCUT2D eigenvalue weighted by Crippen LogP contribution is -2.42. The first-order valence-corrected chi connectivity index (χ1v) is 9.44. The van der Waals surface area contributed by atoms with Gasteiger partial charge in [-0.1, -0.05) is 32.0 Å². The van der Waals surface area contributed by atoms with Crippen molar-refractivity contribution in [1.29, 1.82) is 0 Å².